The maximum Gasteiger partial charge on any atom is 0.307 e. The van der Waals surface area contributed by atoms with Crippen LogP contribution in [0.3, 0.4) is 0 Å². The summed E-state index contributed by atoms with van der Waals surface area (Å²) in [6, 6.07) is 0. The summed E-state index contributed by atoms with van der Waals surface area (Å²) in [7, 11) is 0. The number of nitrogens with zero attached hydrogens (tertiary/aromatic N) is 3. The Morgan fingerprint density at radius 2 is 2.12 bits per heavy atom. The molecule has 1 fully saturated rings. The molecule has 0 amide bonds. The average molecular weight is 247 g/mol. The van der Waals surface area contributed by atoms with E-state index in [4.69, 9.17) is 4.52 Å². The monoisotopic (exact) mass is 247 g/mol. The molecule has 5 nitrogen and oxygen atoms in total. The van der Waals surface area contributed by atoms with E-state index in [-0.39, 0.29) is 12.0 Å². The van der Waals surface area contributed by atoms with Crippen LogP contribution in [-0.4, -0.2) is 39.3 Å². The summed E-state index contributed by atoms with van der Waals surface area (Å²) in [5.74, 6) is -3.46. The van der Waals surface area contributed by atoms with Crippen LogP contribution in [-0.2, 0) is 12.5 Å². The van der Waals surface area contributed by atoms with E-state index in [1.165, 1.54) is 0 Å². The van der Waals surface area contributed by atoms with E-state index in [1.807, 2.05) is 4.90 Å². The Bertz CT molecular complexity index is 370. The molecule has 1 aromatic heterocycles. The molecule has 7 heteroatoms. The van der Waals surface area contributed by atoms with Gasteiger partial charge in [-0.1, -0.05) is 5.16 Å². The normalized spacial score (nSPS) is 19.8. The number of aliphatic hydroxyl groups excluding tert-OH is 1. The van der Waals surface area contributed by atoms with Gasteiger partial charge >= 0.3 is 5.92 Å². The van der Waals surface area contributed by atoms with Gasteiger partial charge < -0.3 is 9.63 Å². The minimum absolute atomic E-state index is 0.193. The summed E-state index contributed by atoms with van der Waals surface area (Å²) >= 11 is 0. The summed E-state index contributed by atoms with van der Waals surface area (Å²) in [5.41, 5.74) is 0. The lowest BCUT2D eigenvalue weighted by atomic mass is 10.1. The highest BCUT2D eigenvalue weighted by atomic mass is 19.3. The molecule has 1 saturated heterocycles. The van der Waals surface area contributed by atoms with E-state index in [0.29, 0.717) is 32.5 Å². The molecule has 0 aromatic carbocycles. The van der Waals surface area contributed by atoms with E-state index in [9.17, 15) is 13.9 Å². The second kappa shape index (κ2) is 4.66. The molecule has 1 aliphatic rings. The molecule has 96 valence electrons. The van der Waals surface area contributed by atoms with Crippen LogP contribution >= 0.6 is 0 Å². The number of alkyl halides is 2. The molecule has 0 unspecified atom stereocenters. The number of halogens is 2. The van der Waals surface area contributed by atoms with E-state index in [2.05, 4.69) is 10.1 Å². The molecular weight excluding hydrogens is 232 g/mol. The summed E-state index contributed by atoms with van der Waals surface area (Å²) in [5, 5.41) is 12.6. The standard InChI is InChI=1S/C10H15F2N3O2/c1-10(11,12)9-13-8(17-14-9)6-15-4-2-7(16)3-5-15/h7,16H,2-6H2,1H3. The van der Waals surface area contributed by atoms with Gasteiger partial charge in [-0.3, -0.25) is 4.90 Å². The molecular formula is C10H15F2N3O2. The Labute approximate surface area is 97.4 Å². The van der Waals surface area contributed by atoms with Crippen LogP contribution in [0.4, 0.5) is 8.78 Å². The lowest BCUT2D eigenvalue weighted by molar-refractivity contribution is 0.00559. The van der Waals surface area contributed by atoms with Crippen molar-refractivity contribution in [3.8, 4) is 0 Å². The van der Waals surface area contributed by atoms with E-state index >= 15 is 0 Å². The molecule has 2 heterocycles. The molecule has 0 radical (unpaired) electrons. The Morgan fingerprint density at radius 1 is 1.47 bits per heavy atom. The number of aromatic nitrogens is 2. The maximum atomic E-state index is 12.9. The van der Waals surface area contributed by atoms with Crippen molar-refractivity contribution in [2.24, 2.45) is 0 Å². The quantitative estimate of drug-likeness (QED) is 0.867. The third-order valence-corrected chi connectivity index (χ3v) is 2.78. The van der Waals surface area contributed by atoms with Crippen LogP contribution in [0.2, 0.25) is 0 Å². The fraction of sp³-hybridized carbons (Fsp3) is 0.800. The van der Waals surface area contributed by atoms with Crippen molar-refractivity contribution in [1.29, 1.82) is 0 Å². The van der Waals surface area contributed by atoms with Gasteiger partial charge in [0.25, 0.3) is 0 Å². The van der Waals surface area contributed by atoms with E-state index in [1.54, 1.807) is 0 Å². The summed E-state index contributed by atoms with van der Waals surface area (Å²) < 4.78 is 30.5. The first-order chi connectivity index (χ1) is 7.95. The minimum Gasteiger partial charge on any atom is -0.393 e. The third-order valence-electron chi connectivity index (χ3n) is 2.78. The zero-order valence-electron chi connectivity index (χ0n) is 9.57. The highest BCUT2D eigenvalue weighted by molar-refractivity contribution is 4.93. The van der Waals surface area contributed by atoms with Gasteiger partial charge in [0.15, 0.2) is 0 Å². The molecule has 1 N–H and O–H groups in total. The minimum atomic E-state index is -3.07. The van der Waals surface area contributed by atoms with Gasteiger partial charge in [-0.15, -0.1) is 0 Å². The number of hydrogen-bond donors (Lipinski definition) is 1. The summed E-state index contributed by atoms with van der Waals surface area (Å²) in [6.45, 7) is 2.51. The Balaban J connectivity index is 1.93. The van der Waals surface area contributed by atoms with Gasteiger partial charge in [0.05, 0.1) is 12.6 Å². The predicted octanol–water partition coefficient (Wildman–Crippen LogP) is 1.14. The van der Waals surface area contributed by atoms with E-state index < -0.39 is 11.7 Å². The van der Waals surface area contributed by atoms with Crippen LogP contribution in [0.1, 0.15) is 31.5 Å². The first kappa shape index (κ1) is 12.4. The highest BCUT2D eigenvalue weighted by Gasteiger charge is 2.31. The lowest BCUT2D eigenvalue weighted by Gasteiger charge is -2.27. The topological polar surface area (TPSA) is 62.4 Å². The molecule has 0 saturated carbocycles. The van der Waals surface area contributed by atoms with Gasteiger partial charge in [-0.25, -0.2) is 0 Å². The van der Waals surface area contributed by atoms with Crippen LogP contribution in [0.15, 0.2) is 4.52 Å². The molecule has 1 aromatic rings. The largest absolute Gasteiger partial charge is 0.393 e. The number of likely N-dealkylation sites (tertiary alicyclic amines) is 1. The van der Waals surface area contributed by atoms with Gasteiger partial charge in [0.2, 0.25) is 11.7 Å². The van der Waals surface area contributed by atoms with Crippen LogP contribution in [0.5, 0.6) is 0 Å². The maximum absolute atomic E-state index is 12.9. The molecule has 1 aliphatic heterocycles. The van der Waals surface area contributed by atoms with Crippen molar-refractivity contribution >= 4 is 0 Å². The van der Waals surface area contributed by atoms with Crippen molar-refractivity contribution in [2.75, 3.05) is 13.1 Å². The number of rotatable bonds is 3. The van der Waals surface area contributed by atoms with Crippen molar-refractivity contribution in [1.82, 2.24) is 15.0 Å². The second-order valence-electron chi connectivity index (χ2n) is 4.41. The average Bonchev–Trinajstić information content (AvgIpc) is 2.69. The van der Waals surface area contributed by atoms with E-state index in [0.717, 1.165) is 6.92 Å². The fourth-order valence-corrected chi connectivity index (χ4v) is 1.77. The number of hydrogen-bond acceptors (Lipinski definition) is 5. The molecule has 0 atom stereocenters. The first-order valence-electron chi connectivity index (χ1n) is 5.56. The van der Waals surface area contributed by atoms with Crippen LogP contribution < -0.4 is 0 Å². The van der Waals surface area contributed by atoms with Gasteiger partial charge in [-0.05, 0) is 12.8 Å². The van der Waals surface area contributed by atoms with Crippen LogP contribution in [0, 0.1) is 0 Å². The fourth-order valence-electron chi connectivity index (χ4n) is 1.77. The number of aliphatic hydroxyl groups is 1. The Hall–Kier alpha value is -1.08. The van der Waals surface area contributed by atoms with Crippen LogP contribution in [0.25, 0.3) is 0 Å². The molecule has 0 spiro atoms. The SMILES string of the molecule is CC(F)(F)c1noc(CN2CCC(O)CC2)n1. The number of piperidine rings is 1. The van der Waals surface area contributed by atoms with Crippen molar-refractivity contribution in [2.45, 2.75) is 38.3 Å². The molecule has 2 rings (SSSR count). The van der Waals surface area contributed by atoms with Crippen molar-refractivity contribution in [3.63, 3.8) is 0 Å². The summed E-state index contributed by atoms with van der Waals surface area (Å²) in [4.78, 5) is 5.66. The molecule has 0 bridgehead atoms. The van der Waals surface area contributed by atoms with Gasteiger partial charge in [0, 0.05) is 20.0 Å². The zero-order chi connectivity index (χ0) is 12.5. The summed E-state index contributed by atoms with van der Waals surface area (Å²) in [6.07, 6.45) is 1.11. The Kier molecular flexibility index (Phi) is 3.39. The third kappa shape index (κ3) is 3.19. The Morgan fingerprint density at radius 3 is 2.65 bits per heavy atom. The smallest absolute Gasteiger partial charge is 0.307 e. The van der Waals surface area contributed by atoms with Crippen molar-refractivity contribution < 1.29 is 18.4 Å². The second-order valence-corrected chi connectivity index (χ2v) is 4.41. The highest BCUT2D eigenvalue weighted by Crippen LogP contribution is 2.24. The molecule has 0 aliphatic carbocycles. The van der Waals surface area contributed by atoms with Gasteiger partial charge in [-0.2, -0.15) is 13.8 Å². The molecule has 17 heavy (non-hydrogen) atoms. The lowest BCUT2D eigenvalue weighted by Crippen LogP contribution is -2.35. The predicted molar refractivity (Wildman–Crippen MR) is 54.4 cm³/mol. The first-order valence-corrected chi connectivity index (χ1v) is 5.56. The van der Waals surface area contributed by atoms with Gasteiger partial charge in [0.1, 0.15) is 0 Å². The zero-order valence-corrected chi connectivity index (χ0v) is 9.57. The van der Waals surface area contributed by atoms with Crippen molar-refractivity contribution in [3.05, 3.63) is 11.7 Å².